The Balaban J connectivity index is 2.46. The zero-order valence-corrected chi connectivity index (χ0v) is 8.27. The van der Waals surface area contributed by atoms with Gasteiger partial charge in [0.05, 0.1) is 4.88 Å². The van der Waals surface area contributed by atoms with Crippen molar-refractivity contribution >= 4 is 17.3 Å². The largest absolute Gasteiger partial charge is 0.366 e. The van der Waals surface area contributed by atoms with E-state index >= 15 is 0 Å². The minimum Gasteiger partial charge on any atom is -0.366 e. The molecule has 0 spiro atoms. The molecule has 0 aliphatic rings. The average molecular weight is 194 g/mol. The van der Waals surface area contributed by atoms with Crippen molar-refractivity contribution in [3.8, 4) is 10.7 Å². The number of nitrogens with zero attached hydrogens (tertiary/aromatic N) is 2. The molecule has 0 radical (unpaired) electrons. The fraction of sp³-hybridized carbons (Fsp3) is 0.250. The van der Waals surface area contributed by atoms with Crippen molar-refractivity contribution in [1.82, 2.24) is 15.2 Å². The van der Waals surface area contributed by atoms with Crippen LogP contribution in [0.1, 0.15) is 10.4 Å². The molecule has 0 amide bonds. The Labute approximate surface area is 79.8 Å². The van der Waals surface area contributed by atoms with E-state index < -0.39 is 0 Å². The van der Waals surface area contributed by atoms with E-state index in [9.17, 15) is 0 Å². The van der Waals surface area contributed by atoms with Gasteiger partial charge in [0.15, 0.2) is 5.82 Å². The van der Waals surface area contributed by atoms with E-state index in [0.717, 1.165) is 10.7 Å². The molecular weight excluding hydrogens is 184 g/mol. The molecule has 68 valence electrons. The van der Waals surface area contributed by atoms with Crippen LogP contribution in [-0.2, 0) is 0 Å². The van der Waals surface area contributed by atoms with E-state index in [1.165, 1.54) is 10.4 Å². The molecule has 2 aromatic heterocycles. The van der Waals surface area contributed by atoms with Crippen molar-refractivity contribution < 1.29 is 0 Å². The lowest BCUT2D eigenvalue weighted by atomic mass is 10.3. The summed E-state index contributed by atoms with van der Waals surface area (Å²) in [5.41, 5.74) is 6.69. The van der Waals surface area contributed by atoms with Gasteiger partial charge in [-0.15, -0.1) is 16.4 Å². The summed E-state index contributed by atoms with van der Waals surface area (Å²) in [6.07, 6.45) is 0. The molecule has 0 saturated carbocycles. The van der Waals surface area contributed by atoms with Crippen molar-refractivity contribution in [2.75, 3.05) is 5.73 Å². The molecule has 0 bridgehead atoms. The fourth-order valence-corrected chi connectivity index (χ4v) is 2.05. The first-order valence-corrected chi connectivity index (χ1v) is 4.74. The highest BCUT2D eigenvalue weighted by molar-refractivity contribution is 7.15. The van der Waals surface area contributed by atoms with E-state index in [0.29, 0.717) is 5.95 Å². The van der Waals surface area contributed by atoms with Crippen molar-refractivity contribution in [1.29, 1.82) is 0 Å². The third-order valence-electron chi connectivity index (χ3n) is 1.90. The van der Waals surface area contributed by atoms with Crippen LogP contribution in [0.25, 0.3) is 10.7 Å². The van der Waals surface area contributed by atoms with Crippen LogP contribution >= 0.6 is 11.3 Å². The third kappa shape index (κ3) is 1.42. The van der Waals surface area contributed by atoms with Crippen molar-refractivity contribution in [3.63, 3.8) is 0 Å². The van der Waals surface area contributed by atoms with Gasteiger partial charge in [0.2, 0.25) is 5.95 Å². The standard InChI is InChI=1S/C8H10N4S/c1-4-3-6(13-5(4)2)7-10-8(9)12-11-7/h3H,1-2H3,(H3,9,10,11,12). The summed E-state index contributed by atoms with van der Waals surface area (Å²) in [6.45, 7) is 4.16. The highest BCUT2D eigenvalue weighted by atomic mass is 32.1. The maximum atomic E-state index is 5.41. The second-order valence-electron chi connectivity index (χ2n) is 2.89. The quantitative estimate of drug-likeness (QED) is 0.726. The normalized spacial score (nSPS) is 10.6. The zero-order chi connectivity index (χ0) is 9.42. The highest BCUT2D eigenvalue weighted by Gasteiger charge is 2.07. The highest BCUT2D eigenvalue weighted by Crippen LogP contribution is 2.28. The Morgan fingerprint density at radius 1 is 1.46 bits per heavy atom. The molecule has 0 saturated heterocycles. The van der Waals surface area contributed by atoms with Crippen LogP contribution in [0.3, 0.4) is 0 Å². The first kappa shape index (κ1) is 8.25. The lowest BCUT2D eigenvalue weighted by molar-refractivity contribution is 1.11. The predicted octanol–water partition coefficient (Wildman–Crippen LogP) is 1.73. The van der Waals surface area contributed by atoms with Crippen LogP contribution in [-0.4, -0.2) is 15.2 Å². The molecule has 2 rings (SSSR count). The Morgan fingerprint density at radius 3 is 2.69 bits per heavy atom. The summed E-state index contributed by atoms with van der Waals surface area (Å²) in [5, 5.41) is 6.57. The SMILES string of the molecule is Cc1cc(-c2nc(N)n[nH]2)sc1C. The van der Waals surface area contributed by atoms with Crippen molar-refractivity contribution in [2.45, 2.75) is 13.8 Å². The third-order valence-corrected chi connectivity index (χ3v) is 3.06. The zero-order valence-electron chi connectivity index (χ0n) is 7.46. The predicted molar refractivity (Wildman–Crippen MR) is 53.6 cm³/mol. The van der Waals surface area contributed by atoms with E-state index in [2.05, 4.69) is 35.1 Å². The van der Waals surface area contributed by atoms with Gasteiger partial charge in [-0.1, -0.05) is 0 Å². The molecule has 0 atom stereocenters. The number of nitrogens with two attached hydrogens (primary N) is 1. The lowest BCUT2D eigenvalue weighted by Crippen LogP contribution is -1.84. The molecular formula is C8H10N4S. The van der Waals surface area contributed by atoms with Crippen LogP contribution in [0.4, 0.5) is 5.95 Å². The Bertz CT molecular complexity index is 410. The molecule has 13 heavy (non-hydrogen) atoms. The molecule has 0 aromatic carbocycles. The van der Waals surface area contributed by atoms with E-state index in [1.54, 1.807) is 11.3 Å². The summed E-state index contributed by atoms with van der Waals surface area (Å²) < 4.78 is 0. The number of aromatic amines is 1. The summed E-state index contributed by atoms with van der Waals surface area (Å²) in [6, 6.07) is 2.08. The average Bonchev–Trinajstić information content (AvgIpc) is 2.61. The Morgan fingerprint density at radius 2 is 2.23 bits per heavy atom. The van der Waals surface area contributed by atoms with Crippen LogP contribution < -0.4 is 5.73 Å². The summed E-state index contributed by atoms with van der Waals surface area (Å²) in [7, 11) is 0. The minimum absolute atomic E-state index is 0.290. The van der Waals surface area contributed by atoms with Gasteiger partial charge in [-0.2, -0.15) is 4.98 Å². The van der Waals surface area contributed by atoms with Gasteiger partial charge < -0.3 is 5.73 Å². The van der Waals surface area contributed by atoms with Gasteiger partial charge in [0.1, 0.15) is 0 Å². The van der Waals surface area contributed by atoms with Gasteiger partial charge in [0, 0.05) is 4.88 Å². The van der Waals surface area contributed by atoms with Crippen LogP contribution in [0.15, 0.2) is 6.07 Å². The van der Waals surface area contributed by atoms with Crippen LogP contribution in [0, 0.1) is 13.8 Å². The number of thiophene rings is 1. The van der Waals surface area contributed by atoms with Gasteiger partial charge in [0.25, 0.3) is 0 Å². The molecule has 0 fully saturated rings. The second-order valence-corrected chi connectivity index (χ2v) is 4.15. The molecule has 4 nitrogen and oxygen atoms in total. The number of nitrogens with one attached hydrogen (secondary N) is 1. The van der Waals surface area contributed by atoms with Crippen molar-refractivity contribution in [2.24, 2.45) is 0 Å². The molecule has 0 unspecified atom stereocenters. The number of rotatable bonds is 1. The van der Waals surface area contributed by atoms with Crippen molar-refractivity contribution in [3.05, 3.63) is 16.5 Å². The van der Waals surface area contributed by atoms with Gasteiger partial charge >= 0.3 is 0 Å². The first-order chi connectivity index (χ1) is 6.16. The number of aryl methyl sites for hydroxylation is 2. The minimum atomic E-state index is 0.290. The monoisotopic (exact) mass is 194 g/mol. The smallest absolute Gasteiger partial charge is 0.239 e. The van der Waals surface area contributed by atoms with Gasteiger partial charge in [-0.3, -0.25) is 5.10 Å². The topological polar surface area (TPSA) is 67.6 Å². The van der Waals surface area contributed by atoms with Crippen LogP contribution in [0.5, 0.6) is 0 Å². The second kappa shape index (κ2) is 2.85. The molecule has 2 aromatic rings. The number of anilines is 1. The molecule has 0 aliphatic carbocycles. The fourth-order valence-electron chi connectivity index (χ4n) is 1.07. The summed E-state index contributed by atoms with van der Waals surface area (Å²) in [5.74, 6) is 1.04. The molecule has 3 N–H and O–H groups in total. The van der Waals surface area contributed by atoms with E-state index in [4.69, 9.17) is 5.73 Å². The van der Waals surface area contributed by atoms with Crippen LogP contribution in [0.2, 0.25) is 0 Å². The summed E-state index contributed by atoms with van der Waals surface area (Å²) >= 11 is 1.69. The molecule has 5 heteroatoms. The van der Waals surface area contributed by atoms with E-state index in [1.807, 2.05) is 0 Å². The van der Waals surface area contributed by atoms with E-state index in [-0.39, 0.29) is 0 Å². The lowest BCUT2D eigenvalue weighted by Gasteiger charge is -1.84. The number of aromatic nitrogens is 3. The molecule has 2 heterocycles. The van der Waals surface area contributed by atoms with Gasteiger partial charge in [-0.25, -0.2) is 0 Å². The molecule has 0 aliphatic heterocycles. The number of H-pyrrole nitrogens is 1. The summed E-state index contributed by atoms with van der Waals surface area (Å²) in [4.78, 5) is 6.44. The first-order valence-electron chi connectivity index (χ1n) is 3.92. The Hall–Kier alpha value is -1.36. The van der Waals surface area contributed by atoms with Gasteiger partial charge in [-0.05, 0) is 25.5 Å². The maximum absolute atomic E-state index is 5.41. The maximum Gasteiger partial charge on any atom is 0.239 e. The number of nitrogen functional groups attached to an aromatic ring is 1. The number of hydrogen-bond donors (Lipinski definition) is 2. The Kier molecular flexibility index (Phi) is 1.81. The number of hydrogen-bond acceptors (Lipinski definition) is 4.